The third-order valence-corrected chi connectivity index (χ3v) is 7.99. The van der Waals surface area contributed by atoms with Gasteiger partial charge in [-0.1, -0.05) is 23.7 Å². The van der Waals surface area contributed by atoms with Crippen LogP contribution in [-0.4, -0.2) is 62.0 Å². The maximum Gasteiger partial charge on any atom is 0.191 e. The first-order valence-electron chi connectivity index (χ1n) is 10.3. The van der Waals surface area contributed by atoms with Crippen LogP contribution in [0.2, 0.25) is 5.02 Å². The number of nitrogens with zero attached hydrogens (tertiary/aromatic N) is 2. The van der Waals surface area contributed by atoms with E-state index < -0.39 is 14.6 Å². The van der Waals surface area contributed by atoms with Crippen LogP contribution in [0.5, 0.6) is 0 Å². The fraction of sp³-hybridized carbons (Fsp3) is 0.667. The van der Waals surface area contributed by atoms with E-state index in [2.05, 4.69) is 32.7 Å². The van der Waals surface area contributed by atoms with Gasteiger partial charge in [-0.3, -0.25) is 9.89 Å². The highest BCUT2D eigenvalue weighted by Gasteiger charge is 2.28. The zero-order chi connectivity index (χ0) is 21.5. The largest absolute Gasteiger partial charge is 0.357 e. The minimum atomic E-state index is -3.16. The Hall–Kier alpha value is -1.31. The molecule has 0 aromatic heterocycles. The first kappa shape index (κ1) is 24.0. The number of rotatable bonds is 7. The first-order chi connectivity index (χ1) is 13.6. The van der Waals surface area contributed by atoms with Gasteiger partial charge in [0.15, 0.2) is 15.8 Å². The Bertz CT molecular complexity index is 765. The summed E-state index contributed by atoms with van der Waals surface area (Å²) in [7, 11) is -3.16. The number of hydrogen-bond acceptors (Lipinski definition) is 4. The van der Waals surface area contributed by atoms with Crippen LogP contribution in [0.25, 0.3) is 0 Å². The lowest BCUT2D eigenvalue weighted by molar-refractivity contribution is 0.198. The van der Waals surface area contributed by atoms with Crippen molar-refractivity contribution in [3.8, 4) is 0 Å². The number of halogens is 1. The normalized spacial score (nSPS) is 17.3. The lowest BCUT2D eigenvalue weighted by Crippen LogP contribution is -2.48. The summed E-state index contributed by atoms with van der Waals surface area (Å²) < 4.78 is 23.8. The van der Waals surface area contributed by atoms with Crippen LogP contribution in [0, 0.1) is 0 Å². The highest BCUT2D eigenvalue weighted by Crippen LogP contribution is 2.17. The zero-order valence-electron chi connectivity index (χ0n) is 18.0. The van der Waals surface area contributed by atoms with E-state index in [-0.39, 0.29) is 12.3 Å². The Balaban J connectivity index is 1.83. The predicted molar refractivity (Wildman–Crippen MR) is 122 cm³/mol. The van der Waals surface area contributed by atoms with Gasteiger partial charge >= 0.3 is 0 Å². The number of piperidine rings is 1. The summed E-state index contributed by atoms with van der Waals surface area (Å²) in [6, 6.07) is 8.37. The van der Waals surface area contributed by atoms with Crippen molar-refractivity contribution in [3.05, 3.63) is 34.9 Å². The average Bonchev–Trinajstić information content (AvgIpc) is 2.64. The number of aliphatic imine (C=N–C) groups is 1. The van der Waals surface area contributed by atoms with Gasteiger partial charge in [0, 0.05) is 37.2 Å². The minimum Gasteiger partial charge on any atom is -0.357 e. The molecule has 0 aliphatic carbocycles. The molecule has 1 fully saturated rings. The van der Waals surface area contributed by atoms with Crippen molar-refractivity contribution in [2.24, 2.45) is 4.99 Å². The molecule has 1 aliphatic heterocycles. The van der Waals surface area contributed by atoms with E-state index in [4.69, 9.17) is 11.6 Å². The second-order valence-electron chi connectivity index (χ2n) is 8.51. The summed E-state index contributed by atoms with van der Waals surface area (Å²) in [5.41, 5.74) is 1.27. The third kappa shape index (κ3) is 7.79. The van der Waals surface area contributed by atoms with E-state index in [9.17, 15) is 8.42 Å². The molecule has 0 spiro atoms. The van der Waals surface area contributed by atoms with E-state index in [0.29, 0.717) is 12.0 Å². The van der Waals surface area contributed by atoms with E-state index in [1.54, 1.807) is 20.8 Å². The molecule has 1 heterocycles. The molecule has 1 saturated heterocycles. The monoisotopic (exact) mass is 442 g/mol. The molecule has 1 aliphatic rings. The molecule has 0 saturated carbocycles. The van der Waals surface area contributed by atoms with Crippen LogP contribution in [0.1, 0.15) is 46.1 Å². The van der Waals surface area contributed by atoms with Crippen LogP contribution < -0.4 is 10.6 Å². The molecule has 29 heavy (non-hydrogen) atoms. The molecular weight excluding hydrogens is 408 g/mol. The van der Waals surface area contributed by atoms with Gasteiger partial charge in [0.25, 0.3) is 0 Å². The molecule has 0 atom stereocenters. The quantitative estimate of drug-likeness (QED) is 0.501. The molecule has 2 rings (SSSR count). The number of benzene rings is 1. The summed E-state index contributed by atoms with van der Waals surface area (Å²) in [6.07, 6.45) is 2.05. The van der Waals surface area contributed by atoms with Crippen LogP contribution in [0.3, 0.4) is 0 Å². The maximum atomic E-state index is 12.3. The lowest BCUT2D eigenvalue weighted by atomic mass is 10.0. The number of sulfone groups is 1. The van der Waals surface area contributed by atoms with Crippen LogP contribution in [0.15, 0.2) is 29.3 Å². The Morgan fingerprint density at radius 3 is 2.38 bits per heavy atom. The molecule has 0 unspecified atom stereocenters. The molecule has 0 amide bonds. The van der Waals surface area contributed by atoms with Gasteiger partial charge in [-0.15, -0.1) is 0 Å². The molecule has 6 nitrogen and oxygen atoms in total. The smallest absolute Gasteiger partial charge is 0.191 e. The van der Waals surface area contributed by atoms with Gasteiger partial charge in [-0.25, -0.2) is 8.42 Å². The SMILES string of the molecule is CCNC(=NCCS(=O)(=O)C(C)(C)C)NC1CCN(Cc2ccc(Cl)cc2)CC1. The summed E-state index contributed by atoms with van der Waals surface area (Å²) in [5.74, 6) is 0.764. The van der Waals surface area contributed by atoms with Gasteiger partial charge in [0.2, 0.25) is 0 Å². The van der Waals surface area contributed by atoms with Crippen molar-refractivity contribution in [3.63, 3.8) is 0 Å². The van der Waals surface area contributed by atoms with E-state index in [1.807, 2.05) is 19.1 Å². The van der Waals surface area contributed by atoms with Gasteiger partial charge < -0.3 is 10.6 Å². The van der Waals surface area contributed by atoms with E-state index >= 15 is 0 Å². The average molecular weight is 443 g/mol. The van der Waals surface area contributed by atoms with Crippen molar-refractivity contribution in [2.75, 3.05) is 31.9 Å². The second-order valence-corrected chi connectivity index (χ2v) is 11.8. The highest BCUT2D eigenvalue weighted by molar-refractivity contribution is 7.92. The van der Waals surface area contributed by atoms with Gasteiger partial charge in [-0.2, -0.15) is 0 Å². The molecule has 164 valence electrons. The molecule has 1 aromatic carbocycles. The predicted octanol–water partition coefficient (Wildman–Crippen LogP) is 3.07. The van der Waals surface area contributed by atoms with Crippen LogP contribution in [0.4, 0.5) is 0 Å². The Morgan fingerprint density at radius 2 is 1.83 bits per heavy atom. The Labute approximate surface area is 181 Å². The molecule has 8 heteroatoms. The van der Waals surface area contributed by atoms with Crippen LogP contribution >= 0.6 is 11.6 Å². The molecule has 2 N–H and O–H groups in total. The number of hydrogen-bond donors (Lipinski definition) is 2. The van der Waals surface area contributed by atoms with Gasteiger partial charge in [0.1, 0.15) is 0 Å². The van der Waals surface area contributed by atoms with E-state index in [0.717, 1.165) is 44.0 Å². The fourth-order valence-electron chi connectivity index (χ4n) is 3.18. The van der Waals surface area contributed by atoms with Crippen molar-refractivity contribution in [2.45, 2.75) is 57.9 Å². The molecular formula is C21H35ClN4O2S. The lowest BCUT2D eigenvalue weighted by Gasteiger charge is -2.33. The third-order valence-electron chi connectivity index (χ3n) is 5.16. The Morgan fingerprint density at radius 1 is 1.21 bits per heavy atom. The summed E-state index contributed by atoms with van der Waals surface area (Å²) in [6.45, 7) is 11.2. The summed E-state index contributed by atoms with van der Waals surface area (Å²) >= 11 is 5.96. The standard InChI is InChI=1S/C21H35ClN4O2S/c1-5-23-20(24-12-15-29(27,28)21(2,3)4)25-19-10-13-26(14-11-19)16-17-6-8-18(22)9-7-17/h6-9,19H,5,10-16H2,1-4H3,(H2,23,24,25). The van der Waals surface area contributed by atoms with Gasteiger partial charge in [0.05, 0.1) is 17.0 Å². The fourth-order valence-corrected chi connectivity index (χ4v) is 4.25. The summed E-state index contributed by atoms with van der Waals surface area (Å²) in [4.78, 5) is 6.94. The molecule has 0 bridgehead atoms. The van der Waals surface area contributed by atoms with Crippen molar-refractivity contribution in [1.82, 2.24) is 15.5 Å². The Kier molecular flexibility index (Phi) is 8.79. The number of guanidine groups is 1. The van der Waals surface area contributed by atoms with Crippen molar-refractivity contribution < 1.29 is 8.42 Å². The first-order valence-corrected chi connectivity index (χ1v) is 12.4. The number of likely N-dealkylation sites (tertiary alicyclic amines) is 1. The minimum absolute atomic E-state index is 0.0621. The van der Waals surface area contributed by atoms with Crippen molar-refractivity contribution >= 4 is 27.4 Å². The molecule has 1 aromatic rings. The highest BCUT2D eigenvalue weighted by atomic mass is 35.5. The second kappa shape index (κ2) is 10.6. The topological polar surface area (TPSA) is 73.8 Å². The summed E-state index contributed by atoms with van der Waals surface area (Å²) in [5, 5.41) is 7.47. The zero-order valence-corrected chi connectivity index (χ0v) is 19.6. The van der Waals surface area contributed by atoms with Crippen LogP contribution in [-0.2, 0) is 16.4 Å². The number of nitrogens with one attached hydrogen (secondary N) is 2. The van der Waals surface area contributed by atoms with Gasteiger partial charge in [-0.05, 0) is 58.2 Å². The van der Waals surface area contributed by atoms with Crippen molar-refractivity contribution in [1.29, 1.82) is 0 Å². The molecule has 0 radical (unpaired) electrons. The van der Waals surface area contributed by atoms with E-state index in [1.165, 1.54) is 5.56 Å². The maximum absolute atomic E-state index is 12.3.